The topological polar surface area (TPSA) is 78.9 Å². The van der Waals surface area contributed by atoms with Crippen molar-refractivity contribution < 1.29 is 28.6 Å². The molecule has 0 aliphatic carbocycles. The molecular weight excluding hydrogens is 973 g/mol. The molecule has 0 amide bonds. The molecule has 0 radical (unpaired) electrons. The minimum Gasteiger partial charge on any atom is -0.462 e. The first-order chi connectivity index (χ1) is 39.0. The number of hydrogen-bond donors (Lipinski definition) is 0. The first-order valence-corrected chi connectivity index (χ1v) is 33.0. The molecule has 0 spiro atoms. The third kappa shape index (κ3) is 64.5. The van der Waals surface area contributed by atoms with Crippen LogP contribution in [0.2, 0.25) is 0 Å². The van der Waals surface area contributed by atoms with Crippen molar-refractivity contribution in [2.24, 2.45) is 0 Å². The first-order valence-electron chi connectivity index (χ1n) is 33.0. The van der Waals surface area contributed by atoms with Gasteiger partial charge in [0.2, 0.25) is 0 Å². The second-order valence-corrected chi connectivity index (χ2v) is 21.6. The second-order valence-electron chi connectivity index (χ2n) is 21.6. The number of esters is 3. The molecule has 0 aromatic rings. The summed E-state index contributed by atoms with van der Waals surface area (Å²) in [6.45, 7) is 6.42. The van der Waals surface area contributed by atoms with Gasteiger partial charge in [0.05, 0.1) is 0 Å². The Morgan fingerprint density at radius 3 is 0.873 bits per heavy atom. The van der Waals surface area contributed by atoms with Gasteiger partial charge in [-0.2, -0.15) is 0 Å². The van der Waals surface area contributed by atoms with Crippen molar-refractivity contribution in [2.45, 2.75) is 309 Å². The van der Waals surface area contributed by atoms with Crippen molar-refractivity contribution in [2.75, 3.05) is 13.2 Å². The maximum absolute atomic E-state index is 12.9. The minimum absolute atomic E-state index is 0.107. The van der Waals surface area contributed by atoms with Gasteiger partial charge in [0.1, 0.15) is 13.2 Å². The highest BCUT2D eigenvalue weighted by Gasteiger charge is 2.19. The number of rotatable bonds is 59. The fraction of sp³-hybridized carbons (Fsp3) is 0.685. The fourth-order valence-corrected chi connectivity index (χ4v) is 9.00. The van der Waals surface area contributed by atoms with E-state index in [9.17, 15) is 14.4 Å². The maximum Gasteiger partial charge on any atom is 0.306 e. The second kappa shape index (κ2) is 66.3. The van der Waals surface area contributed by atoms with E-state index in [4.69, 9.17) is 14.2 Å². The molecular formula is C73H122O6. The Bertz CT molecular complexity index is 1640. The number of carbonyl (C=O) groups excluding carboxylic acids is 3. The van der Waals surface area contributed by atoms with Gasteiger partial charge in [0.25, 0.3) is 0 Å². The lowest BCUT2D eigenvalue weighted by molar-refractivity contribution is -0.166. The van der Waals surface area contributed by atoms with Crippen LogP contribution in [-0.2, 0) is 28.6 Å². The summed E-state index contributed by atoms with van der Waals surface area (Å²) < 4.78 is 16.8. The highest BCUT2D eigenvalue weighted by molar-refractivity contribution is 5.71. The quantitative estimate of drug-likeness (QED) is 0.0261. The normalized spacial score (nSPS) is 12.9. The molecule has 0 heterocycles. The van der Waals surface area contributed by atoms with Crippen LogP contribution in [0, 0.1) is 0 Å². The Morgan fingerprint density at radius 2 is 0.519 bits per heavy atom. The highest BCUT2D eigenvalue weighted by atomic mass is 16.6. The number of ether oxygens (including phenoxy) is 3. The lowest BCUT2D eigenvalue weighted by Gasteiger charge is -2.18. The van der Waals surface area contributed by atoms with Gasteiger partial charge in [0.15, 0.2) is 6.10 Å². The van der Waals surface area contributed by atoms with Crippen molar-refractivity contribution in [3.63, 3.8) is 0 Å². The minimum atomic E-state index is -0.818. The van der Waals surface area contributed by atoms with Crippen molar-refractivity contribution >= 4 is 17.9 Å². The lowest BCUT2D eigenvalue weighted by atomic mass is 10.0. The van der Waals surface area contributed by atoms with Gasteiger partial charge in [-0.25, -0.2) is 0 Å². The lowest BCUT2D eigenvalue weighted by Crippen LogP contribution is -2.30. The van der Waals surface area contributed by atoms with Crippen LogP contribution >= 0.6 is 0 Å². The monoisotopic (exact) mass is 1090 g/mol. The summed E-state index contributed by atoms with van der Waals surface area (Å²) in [6.07, 6.45) is 92.3. The Balaban J connectivity index is 4.32. The smallest absolute Gasteiger partial charge is 0.306 e. The van der Waals surface area contributed by atoms with Gasteiger partial charge in [-0.05, 0) is 122 Å². The van der Waals surface area contributed by atoms with E-state index in [1.165, 1.54) is 154 Å². The van der Waals surface area contributed by atoms with E-state index in [1.54, 1.807) is 0 Å². The van der Waals surface area contributed by atoms with Crippen LogP contribution in [0.3, 0.4) is 0 Å². The Labute approximate surface area is 488 Å². The molecule has 0 rings (SSSR count). The zero-order chi connectivity index (χ0) is 57.1. The molecule has 0 bridgehead atoms. The van der Waals surface area contributed by atoms with Gasteiger partial charge >= 0.3 is 17.9 Å². The average Bonchev–Trinajstić information content (AvgIpc) is 3.45. The van der Waals surface area contributed by atoms with E-state index >= 15 is 0 Å². The van der Waals surface area contributed by atoms with E-state index in [1.807, 2.05) is 6.08 Å². The molecule has 1 atom stereocenters. The third-order valence-electron chi connectivity index (χ3n) is 13.9. The SMILES string of the molecule is CC/C=C\C/C=C\C/C=C\C/C=C\CCC(=O)OCC(COC(=O)CCCCCCCCCCCCCCCC/C=C\C/C=C\C/C=C\CCCCCCC)OC(=O)CCCCCCCC/C=C\C/C=C\C/C=C\CCCCC. The Morgan fingerprint density at radius 1 is 0.266 bits per heavy atom. The first kappa shape index (κ1) is 74.8. The standard InChI is InChI=1S/C73H122O6/c1-4-7-10-13-16-19-22-25-27-29-31-32-33-34-35-36-37-38-39-40-42-43-45-48-51-54-57-60-63-66-72(75)78-69-70(68-77-71(74)65-62-59-56-53-50-47-24-21-18-15-12-9-6-3)79-73(76)67-64-61-58-55-52-49-46-44-41-30-28-26-23-20-17-14-11-8-5-2/h9,12,17-18,20-22,25-26,28-29,31,33-34,41,44,47,50,56,59,70H,4-8,10-11,13-16,19,23-24,27,30,32,35-40,42-43,45-46,48-49,51-55,57-58,60-69H2,1-3H3/b12-9-,20-17-,21-18-,25-22-,28-26-,31-29-,34-33-,44-41-,50-47-,59-56-. The third-order valence-corrected chi connectivity index (χ3v) is 13.9. The van der Waals surface area contributed by atoms with Crippen LogP contribution in [0.15, 0.2) is 122 Å². The predicted octanol–water partition coefficient (Wildman–Crippen LogP) is 22.8. The fourth-order valence-electron chi connectivity index (χ4n) is 9.00. The highest BCUT2D eigenvalue weighted by Crippen LogP contribution is 2.16. The zero-order valence-corrected chi connectivity index (χ0v) is 51.6. The summed E-state index contributed by atoms with van der Waals surface area (Å²) in [5, 5.41) is 0. The van der Waals surface area contributed by atoms with Gasteiger partial charge in [-0.15, -0.1) is 0 Å². The van der Waals surface area contributed by atoms with Gasteiger partial charge in [-0.3, -0.25) is 14.4 Å². The van der Waals surface area contributed by atoms with Crippen LogP contribution in [0.5, 0.6) is 0 Å². The van der Waals surface area contributed by atoms with Crippen LogP contribution in [0.1, 0.15) is 303 Å². The summed E-state index contributed by atoms with van der Waals surface area (Å²) in [6, 6.07) is 0. The molecule has 0 fully saturated rings. The Hall–Kier alpha value is -4.19. The van der Waals surface area contributed by atoms with Crippen LogP contribution in [0.25, 0.3) is 0 Å². The molecule has 450 valence electrons. The molecule has 0 aliphatic rings. The van der Waals surface area contributed by atoms with Crippen LogP contribution < -0.4 is 0 Å². The van der Waals surface area contributed by atoms with Crippen LogP contribution in [-0.4, -0.2) is 37.2 Å². The average molecular weight is 1100 g/mol. The van der Waals surface area contributed by atoms with E-state index in [-0.39, 0.29) is 37.5 Å². The number of hydrogen-bond acceptors (Lipinski definition) is 6. The molecule has 0 saturated carbocycles. The molecule has 0 N–H and O–H groups in total. The predicted molar refractivity (Wildman–Crippen MR) is 343 cm³/mol. The van der Waals surface area contributed by atoms with E-state index in [0.717, 1.165) is 103 Å². The summed E-state index contributed by atoms with van der Waals surface area (Å²) >= 11 is 0. The van der Waals surface area contributed by atoms with Crippen molar-refractivity contribution in [3.05, 3.63) is 122 Å². The molecule has 0 saturated heterocycles. The number of allylic oxidation sites excluding steroid dienone is 20. The molecule has 6 heteroatoms. The molecule has 0 aromatic carbocycles. The maximum atomic E-state index is 12.9. The molecule has 6 nitrogen and oxygen atoms in total. The molecule has 0 aromatic heterocycles. The van der Waals surface area contributed by atoms with Gasteiger partial charge in [-0.1, -0.05) is 284 Å². The summed E-state index contributed by atoms with van der Waals surface area (Å²) in [5.74, 6) is -1.00. The van der Waals surface area contributed by atoms with Gasteiger partial charge in [0, 0.05) is 19.3 Å². The number of unbranched alkanes of at least 4 members (excludes halogenated alkanes) is 28. The summed E-state index contributed by atoms with van der Waals surface area (Å²) in [5.41, 5.74) is 0. The summed E-state index contributed by atoms with van der Waals surface area (Å²) in [7, 11) is 0. The number of carbonyl (C=O) groups is 3. The largest absolute Gasteiger partial charge is 0.462 e. The van der Waals surface area contributed by atoms with Crippen molar-refractivity contribution in [1.29, 1.82) is 0 Å². The van der Waals surface area contributed by atoms with Crippen molar-refractivity contribution in [3.8, 4) is 0 Å². The summed E-state index contributed by atoms with van der Waals surface area (Å²) in [4.78, 5) is 38.3. The molecule has 79 heavy (non-hydrogen) atoms. The van der Waals surface area contributed by atoms with Gasteiger partial charge < -0.3 is 14.2 Å². The van der Waals surface area contributed by atoms with E-state index in [2.05, 4.69) is 136 Å². The molecule has 1 unspecified atom stereocenters. The zero-order valence-electron chi connectivity index (χ0n) is 51.6. The van der Waals surface area contributed by atoms with E-state index < -0.39 is 6.10 Å². The van der Waals surface area contributed by atoms with Crippen LogP contribution in [0.4, 0.5) is 0 Å². The van der Waals surface area contributed by atoms with Crippen molar-refractivity contribution in [1.82, 2.24) is 0 Å². The molecule has 0 aliphatic heterocycles. The van der Waals surface area contributed by atoms with E-state index in [0.29, 0.717) is 19.3 Å². The Kier molecular flexibility index (Phi) is 62.8.